The van der Waals surface area contributed by atoms with E-state index in [2.05, 4.69) is 15.0 Å². The van der Waals surface area contributed by atoms with Crippen LogP contribution in [0.15, 0.2) is 79.1 Å². The van der Waals surface area contributed by atoms with Crippen LogP contribution in [-0.4, -0.2) is 38.2 Å². The van der Waals surface area contributed by atoms with Crippen molar-refractivity contribution in [1.82, 2.24) is 15.0 Å². The third-order valence-electron chi connectivity index (χ3n) is 5.51. The molecule has 0 saturated carbocycles. The molecule has 4 rings (SSSR count). The van der Waals surface area contributed by atoms with Gasteiger partial charge in [-0.25, -0.2) is 4.98 Å². The van der Waals surface area contributed by atoms with Gasteiger partial charge in [0.2, 0.25) is 17.9 Å². The van der Waals surface area contributed by atoms with Gasteiger partial charge in [0.25, 0.3) is 0 Å². The molecule has 2 atom stereocenters. The van der Waals surface area contributed by atoms with Gasteiger partial charge in [-0.3, -0.25) is 9.78 Å². The van der Waals surface area contributed by atoms with Crippen molar-refractivity contribution < 1.29 is 27.8 Å². The van der Waals surface area contributed by atoms with Crippen molar-refractivity contribution in [3.8, 4) is 28.3 Å². The Balaban J connectivity index is 1.66. The van der Waals surface area contributed by atoms with Gasteiger partial charge >= 0.3 is 12.1 Å². The third kappa shape index (κ3) is 6.19. The first-order chi connectivity index (χ1) is 17.6. The number of benzene rings is 2. The minimum Gasteiger partial charge on any atom is -0.480 e. The molecule has 2 heterocycles. The van der Waals surface area contributed by atoms with Crippen LogP contribution >= 0.6 is 0 Å². The molecule has 2 aromatic heterocycles. The number of aliphatic carboxylic acids is 1. The minimum absolute atomic E-state index is 0.0981. The van der Waals surface area contributed by atoms with E-state index < -0.39 is 24.3 Å². The average Bonchev–Trinajstić information content (AvgIpc) is 2.87. The Labute approximate surface area is 209 Å². The van der Waals surface area contributed by atoms with Crippen LogP contribution in [0.1, 0.15) is 17.2 Å². The average molecular weight is 509 g/mol. The molecule has 0 amide bonds. The number of carbonyl (C=O) groups is 1. The summed E-state index contributed by atoms with van der Waals surface area (Å²) in [4.78, 5) is 22.9. The number of nitrogens with two attached hydrogens (primary N) is 2. The first-order valence-electron chi connectivity index (χ1n) is 11.1. The van der Waals surface area contributed by atoms with E-state index in [9.17, 15) is 18.0 Å². The van der Waals surface area contributed by atoms with Crippen molar-refractivity contribution in [2.24, 2.45) is 5.73 Å². The number of rotatable bonds is 8. The molecular formula is C26H22F3N5O3. The van der Waals surface area contributed by atoms with Crippen LogP contribution in [0.4, 0.5) is 19.1 Å². The summed E-state index contributed by atoms with van der Waals surface area (Å²) in [7, 11) is 0. The largest absolute Gasteiger partial charge is 0.480 e. The number of hydrogen-bond acceptors (Lipinski definition) is 7. The van der Waals surface area contributed by atoms with Crippen molar-refractivity contribution in [2.45, 2.75) is 24.7 Å². The first kappa shape index (κ1) is 25.6. The lowest BCUT2D eigenvalue weighted by Crippen LogP contribution is -2.32. The molecule has 0 spiro atoms. The normalized spacial score (nSPS) is 13.1. The standard InChI is InChI=1S/C26H22F3N5O3/c27-26(28,29)23(19-4-2-1-3-18(19)16-9-11-32-12-10-16)37-22-14-21(33-25(31)34-22)17-7-5-15(6-8-17)13-20(30)24(35)36/h1-12,14,20,23H,13,30H2,(H,35,36)(H2,31,33,34)/t20-,23?/m0/s1. The molecule has 2 aromatic carbocycles. The third-order valence-corrected chi connectivity index (χ3v) is 5.51. The van der Waals surface area contributed by atoms with Crippen LogP contribution in [0.5, 0.6) is 5.88 Å². The summed E-state index contributed by atoms with van der Waals surface area (Å²) in [6, 6.07) is 16.1. The zero-order valence-electron chi connectivity index (χ0n) is 19.3. The van der Waals surface area contributed by atoms with E-state index in [1.54, 1.807) is 48.5 Å². The Morgan fingerprint density at radius 2 is 1.65 bits per heavy atom. The van der Waals surface area contributed by atoms with Gasteiger partial charge in [0.1, 0.15) is 6.04 Å². The number of nitrogen functional groups attached to an aromatic ring is 1. The number of nitrogens with zero attached hydrogens (tertiary/aromatic N) is 3. The molecule has 37 heavy (non-hydrogen) atoms. The number of pyridine rings is 1. The Morgan fingerprint density at radius 1 is 0.973 bits per heavy atom. The maximum atomic E-state index is 14.3. The van der Waals surface area contributed by atoms with E-state index in [0.29, 0.717) is 22.3 Å². The van der Waals surface area contributed by atoms with Gasteiger partial charge in [-0.1, -0.05) is 48.5 Å². The highest BCUT2D eigenvalue weighted by atomic mass is 19.4. The van der Waals surface area contributed by atoms with Gasteiger partial charge in [0.15, 0.2) is 0 Å². The minimum atomic E-state index is -4.77. The Bertz CT molecular complexity index is 1380. The molecule has 8 nitrogen and oxygen atoms in total. The monoisotopic (exact) mass is 509 g/mol. The van der Waals surface area contributed by atoms with Crippen LogP contribution in [0.2, 0.25) is 0 Å². The van der Waals surface area contributed by atoms with Crippen LogP contribution in [-0.2, 0) is 11.2 Å². The Morgan fingerprint density at radius 3 is 2.30 bits per heavy atom. The zero-order chi connectivity index (χ0) is 26.6. The predicted octanol–water partition coefficient (Wildman–Crippen LogP) is 4.42. The second-order valence-electron chi connectivity index (χ2n) is 8.16. The lowest BCUT2D eigenvalue weighted by Gasteiger charge is -2.24. The van der Waals surface area contributed by atoms with Gasteiger partial charge in [0, 0.05) is 29.6 Å². The summed E-state index contributed by atoms with van der Waals surface area (Å²) in [6.07, 6.45) is -4.01. The molecule has 4 aromatic rings. The molecule has 0 aliphatic heterocycles. The second kappa shape index (κ2) is 10.6. The molecule has 0 bridgehead atoms. The molecule has 0 aliphatic carbocycles. The number of anilines is 1. The smallest absolute Gasteiger partial charge is 0.429 e. The number of halogens is 3. The Hall–Kier alpha value is -4.51. The number of aromatic nitrogens is 3. The van der Waals surface area contributed by atoms with Crippen LogP contribution in [0.3, 0.4) is 0 Å². The summed E-state index contributed by atoms with van der Waals surface area (Å²) < 4.78 is 48.2. The molecule has 0 saturated heterocycles. The molecule has 1 unspecified atom stereocenters. The van der Waals surface area contributed by atoms with E-state index in [1.807, 2.05) is 0 Å². The highest BCUT2D eigenvalue weighted by Gasteiger charge is 2.44. The summed E-state index contributed by atoms with van der Waals surface area (Å²) in [6.45, 7) is 0. The molecule has 190 valence electrons. The Kier molecular flexibility index (Phi) is 7.35. The van der Waals surface area contributed by atoms with Gasteiger partial charge in [-0.05, 0) is 35.2 Å². The van der Waals surface area contributed by atoms with Crippen LogP contribution in [0, 0.1) is 0 Å². The predicted molar refractivity (Wildman–Crippen MR) is 130 cm³/mol. The molecule has 11 heteroatoms. The summed E-state index contributed by atoms with van der Waals surface area (Å²) >= 11 is 0. The van der Waals surface area contributed by atoms with Crippen LogP contribution < -0.4 is 16.2 Å². The second-order valence-corrected chi connectivity index (χ2v) is 8.16. The quantitative estimate of drug-likeness (QED) is 0.317. The van der Waals surface area contributed by atoms with E-state index in [4.69, 9.17) is 21.3 Å². The maximum absolute atomic E-state index is 14.3. The number of carboxylic acids is 1. The summed E-state index contributed by atoms with van der Waals surface area (Å²) in [5.41, 5.74) is 13.6. The molecular weight excluding hydrogens is 487 g/mol. The first-order valence-corrected chi connectivity index (χ1v) is 11.1. The number of hydrogen-bond donors (Lipinski definition) is 3. The van der Waals surface area contributed by atoms with E-state index >= 15 is 0 Å². The fourth-order valence-corrected chi connectivity index (χ4v) is 3.75. The van der Waals surface area contributed by atoms with Gasteiger partial charge in [-0.2, -0.15) is 18.2 Å². The SMILES string of the molecule is Nc1nc(OC(c2ccccc2-c2ccncc2)C(F)(F)F)cc(-c2ccc(C[C@H](N)C(=O)O)cc2)n1. The lowest BCUT2D eigenvalue weighted by atomic mass is 9.96. The maximum Gasteiger partial charge on any atom is 0.429 e. The molecule has 5 N–H and O–H groups in total. The number of alkyl halides is 3. The summed E-state index contributed by atoms with van der Waals surface area (Å²) in [5, 5.41) is 8.98. The fourth-order valence-electron chi connectivity index (χ4n) is 3.75. The summed E-state index contributed by atoms with van der Waals surface area (Å²) in [5.74, 6) is -1.75. The topological polar surface area (TPSA) is 137 Å². The van der Waals surface area contributed by atoms with Gasteiger partial charge in [0.05, 0.1) is 5.69 Å². The molecule has 0 fully saturated rings. The zero-order valence-corrected chi connectivity index (χ0v) is 19.3. The fraction of sp³-hybridized carbons (Fsp3) is 0.154. The number of carboxylic acid groups (broad SMARTS) is 1. The number of ether oxygens (including phenoxy) is 1. The van der Waals surface area contributed by atoms with Crippen molar-refractivity contribution in [2.75, 3.05) is 5.73 Å². The molecule has 0 radical (unpaired) electrons. The highest BCUT2D eigenvalue weighted by molar-refractivity contribution is 5.73. The van der Waals surface area contributed by atoms with E-state index in [0.717, 1.165) is 0 Å². The highest BCUT2D eigenvalue weighted by Crippen LogP contribution is 2.41. The van der Waals surface area contributed by atoms with Crippen molar-refractivity contribution in [3.05, 3.63) is 90.3 Å². The van der Waals surface area contributed by atoms with Crippen molar-refractivity contribution >= 4 is 11.9 Å². The van der Waals surface area contributed by atoms with Gasteiger partial charge < -0.3 is 21.3 Å². The van der Waals surface area contributed by atoms with Crippen molar-refractivity contribution in [1.29, 1.82) is 0 Å². The van der Waals surface area contributed by atoms with Gasteiger partial charge in [-0.15, -0.1) is 0 Å². The van der Waals surface area contributed by atoms with Crippen molar-refractivity contribution in [3.63, 3.8) is 0 Å². The van der Waals surface area contributed by atoms with Crippen LogP contribution in [0.25, 0.3) is 22.4 Å². The van der Waals surface area contributed by atoms with E-state index in [1.165, 1.54) is 30.6 Å². The lowest BCUT2D eigenvalue weighted by molar-refractivity contribution is -0.198. The van der Waals surface area contributed by atoms with E-state index in [-0.39, 0.29) is 29.5 Å². The molecule has 0 aliphatic rings.